The average molecular weight is 222 g/mol. The summed E-state index contributed by atoms with van der Waals surface area (Å²) in [5, 5.41) is 0. The molecule has 0 heterocycles. The zero-order chi connectivity index (χ0) is 11.4. The lowest BCUT2D eigenvalue weighted by molar-refractivity contribution is 0.0600. The fourth-order valence-electron chi connectivity index (χ4n) is 1.46. The molecule has 15 heavy (non-hydrogen) atoms. The molecular weight excluding hydrogens is 208 g/mol. The van der Waals surface area contributed by atoms with E-state index >= 15 is 0 Å². The largest absolute Gasteiger partial charge is 0.465 e. The van der Waals surface area contributed by atoms with E-state index in [0.717, 1.165) is 22.4 Å². The first-order chi connectivity index (χ1) is 7.11. The molecule has 0 aromatic heterocycles. The summed E-state index contributed by atoms with van der Waals surface area (Å²) >= 11 is 5.24. The molecule has 0 saturated heterocycles. The van der Waals surface area contributed by atoms with Crippen molar-refractivity contribution >= 4 is 23.1 Å². The van der Waals surface area contributed by atoms with E-state index in [1.807, 2.05) is 26.0 Å². The Hall–Kier alpha value is -1.22. The van der Waals surface area contributed by atoms with Gasteiger partial charge in [0.25, 0.3) is 0 Å². The summed E-state index contributed by atoms with van der Waals surface area (Å²) in [6, 6.07) is 5.52. The number of thiocarbonyl (C=S) groups is 1. The van der Waals surface area contributed by atoms with Crippen LogP contribution in [0.2, 0.25) is 0 Å². The Morgan fingerprint density at radius 3 is 2.53 bits per heavy atom. The van der Waals surface area contributed by atoms with Crippen LogP contribution in [-0.4, -0.2) is 17.9 Å². The number of benzene rings is 1. The second-order valence-corrected chi connectivity index (χ2v) is 3.74. The van der Waals surface area contributed by atoms with E-state index in [0.29, 0.717) is 5.56 Å². The first-order valence-electron chi connectivity index (χ1n) is 4.83. The van der Waals surface area contributed by atoms with E-state index in [-0.39, 0.29) is 5.97 Å². The number of carbonyl (C=O) groups is 1. The second-order valence-electron chi connectivity index (χ2n) is 3.25. The maximum Gasteiger partial charge on any atom is 0.338 e. The topological polar surface area (TPSA) is 26.3 Å². The molecule has 0 bridgehead atoms. The van der Waals surface area contributed by atoms with Crippen molar-refractivity contribution in [3.63, 3.8) is 0 Å². The fourth-order valence-corrected chi connectivity index (χ4v) is 1.68. The van der Waals surface area contributed by atoms with Gasteiger partial charge in [-0.1, -0.05) is 31.3 Å². The van der Waals surface area contributed by atoms with Crippen LogP contribution >= 0.6 is 12.2 Å². The first-order valence-corrected chi connectivity index (χ1v) is 5.23. The van der Waals surface area contributed by atoms with Gasteiger partial charge >= 0.3 is 5.97 Å². The van der Waals surface area contributed by atoms with Gasteiger partial charge < -0.3 is 4.74 Å². The number of hydrogen-bond acceptors (Lipinski definition) is 3. The van der Waals surface area contributed by atoms with Crippen LogP contribution in [0.4, 0.5) is 0 Å². The molecule has 0 fully saturated rings. The van der Waals surface area contributed by atoms with Crippen LogP contribution < -0.4 is 0 Å². The lowest BCUT2D eigenvalue weighted by Gasteiger charge is -2.09. The molecule has 3 heteroatoms. The zero-order valence-electron chi connectivity index (χ0n) is 9.16. The smallest absolute Gasteiger partial charge is 0.338 e. The molecule has 0 atom stereocenters. The van der Waals surface area contributed by atoms with Gasteiger partial charge in [0.2, 0.25) is 0 Å². The monoisotopic (exact) mass is 222 g/mol. The molecule has 0 N–H and O–H groups in total. The Kier molecular flexibility index (Phi) is 3.97. The lowest BCUT2D eigenvalue weighted by atomic mass is 9.99. The maximum atomic E-state index is 11.4. The Balaban J connectivity index is 3.23. The predicted octanol–water partition coefficient (Wildman–Crippen LogP) is 2.91. The summed E-state index contributed by atoms with van der Waals surface area (Å²) in [5.41, 5.74) is 2.46. The third-order valence-electron chi connectivity index (χ3n) is 2.36. The Labute approximate surface area is 95.3 Å². The van der Waals surface area contributed by atoms with Crippen molar-refractivity contribution in [3.8, 4) is 0 Å². The molecular formula is C12H14O2S. The molecule has 0 amide bonds. The Morgan fingerprint density at radius 1 is 1.40 bits per heavy atom. The van der Waals surface area contributed by atoms with Crippen LogP contribution in [0.1, 0.15) is 34.8 Å². The third-order valence-corrected chi connectivity index (χ3v) is 2.87. The minimum Gasteiger partial charge on any atom is -0.465 e. The molecule has 1 rings (SSSR count). The number of rotatable bonds is 3. The molecule has 0 radical (unpaired) electrons. The summed E-state index contributed by atoms with van der Waals surface area (Å²) in [5.74, 6) is -0.312. The van der Waals surface area contributed by atoms with Crippen LogP contribution in [0.25, 0.3) is 0 Å². The van der Waals surface area contributed by atoms with Gasteiger partial charge in [0, 0.05) is 4.86 Å². The van der Waals surface area contributed by atoms with Gasteiger partial charge in [0.05, 0.1) is 12.7 Å². The van der Waals surface area contributed by atoms with E-state index < -0.39 is 0 Å². The van der Waals surface area contributed by atoms with Crippen molar-refractivity contribution in [2.75, 3.05) is 7.11 Å². The lowest BCUT2D eigenvalue weighted by Crippen LogP contribution is -2.08. The van der Waals surface area contributed by atoms with Crippen molar-refractivity contribution in [3.05, 3.63) is 34.9 Å². The number of ether oxygens (including phenoxy) is 1. The van der Waals surface area contributed by atoms with Gasteiger partial charge in [0.15, 0.2) is 0 Å². The molecule has 0 aliphatic rings. The van der Waals surface area contributed by atoms with E-state index in [1.165, 1.54) is 7.11 Å². The van der Waals surface area contributed by atoms with Crippen molar-refractivity contribution in [1.29, 1.82) is 0 Å². The van der Waals surface area contributed by atoms with Crippen LogP contribution in [0.15, 0.2) is 18.2 Å². The number of hydrogen-bond donors (Lipinski definition) is 0. The summed E-state index contributed by atoms with van der Waals surface area (Å²) in [6.45, 7) is 3.90. The van der Waals surface area contributed by atoms with Crippen LogP contribution in [0.5, 0.6) is 0 Å². The van der Waals surface area contributed by atoms with E-state index in [2.05, 4.69) is 0 Å². The highest BCUT2D eigenvalue weighted by Crippen LogP contribution is 2.17. The summed E-state index contributed by atoms with van der Waals surface area (Å²) in [6.07, 6.45) is 0.806. The highest BCUT2D eigenvalue weighted by Gasteiger charge is 2.12. The van der Waals surface area contributed by atoms with Gasteiger partial charge in [-0.3, -0.25) is 0 Å². The van der Waals surface area contributed by atoms with E-state index in [4.69, 9.17) is 17.0 Å². The van der Waals surface area contributed by atoms with Crippen molar-refractivity contribution in [2.45, 2.75) is 20.3 Å². The normalized spacial score (nSPS) is 9.80. The van der Waals surface area contributed by atoms with Gasteiger partial charge in [-0.2, -0.15) is 0 Å². The quantitative estimate of drug-likeness (QED) is 0.447. The minimum atomic E-state index is -0.312. The predicted molar refractivity (Wildman–Crippen MR) is 64.5 cm³/mol. The molecule has 1 aromatic carbocycles. The molecule has 0 aliphatic carbocycles. The van der Waals surface area contributed by atoms with Gasteiger partial charge in [-0.15, -0.1) is 0 Å². The first kappa shape index (κ1) is 11.9. The number of esters is 1. The Morgan fingerprint density at radius 2 is 2.00 bits per heavy atom. The van der Waals surface area contributed by atoms with Gasteiger partial charge in [-0.05, 0) is 30.5 Å². The molecule has 0 unspecified atom stereocenters. The van der Waals surface area contributed by atoms with Gasteiger partial charge in [0.1, 0.15) is 0 Å². The summed E-state index contributed by atoms with van der Waals surface area (Å²) in [4.78, 5) is 12.3. The summed E-state index contributed by atoms with van der Waals surface area (Å²) in [7, 11) is 1.38. The Bertz CT molecular complexity index is 362. The van der Waals surface area contributed by atoms with Crippen molar-refractivity contribution in [2.24, 2.45) is 0 Å². The fraction of sp³-hybridized carbons (Fsp3) is 0.333. The maximum absolute atomic E-state index is 11.4. The van der Waals surface area contributed by atoms with E-state index in [9.17, 15) is 4.79 Å². The van der Waals surface area contributed by atoms with E-state index in [1.54, 1.807) is 6.07 Å². The molecule has 1 aromatic rings. The molecule has 2 nitrogen and oxygen atoms in total. The highest BCUT2D eigenvalue weighted by molar-refractivity contribution is 7.80. The second kappa shape index (κ2) is 5.03. The average Bonchev–Trinajstić information content (AvgIpc) is 2.27. The minimum absolute atomic E-state index is 0.312. The SMILES string of the molecule is CCC(=S)c1cccc(C(=O)OC)c1C. The number of carbonyl (C=O) groups excluding carboxylic acids is 1. The molecule has 80 valence electrons. The number of methoxy groups -OCH3 is 1. The zero-order valence-corrected chi connectivity index (χ0v) is 9.98. The van der Waals surface area contributed by atoms with Crippen molar-refractivity contribution in [1.82, 2.24) is 0 Å². The highest BCUT2D eigenvalue weighted by atomic mass is 32.1. The molecule has 0 spiro atoms. The standard InChI is InChI=1S/C12H14O2S/c1-4-11(15)9-6-5-7-10(8(9)2)12(13)14-3/h5-7H,4H2,1-3H3. The summed E-state index contributed by atoms with van der Waals surface area (Å²) < 4.78 is 4.70. The molecule has 0 aliphatic heterocycles. The third kappa shape index (κ3) is 2.42. The van der Waals surface area contributed by atoms with Crippen molar-refractivity contribution < 1.29 is 9.53 Å². The van der Waals surface area contributed by atoms with Crippen LogP contribution in [-0.2, 0) is 4.74 Å². The van der Waals surface area contributed by atoms with Gasteiger partial charge in [-0.25, -0.2) is 4.79 Å². The van der Waals surface area contributed by atoms with Crippen LogP contribution in [0.3, 0.4) is 0 Å². The van der Waals surface area contributed by atoms with Crippen LogP contribution in [0, 0.1) is 6.92 Å². The molecule has 0 saturated carbocycles.